The van der Waals surface area contributed by atoms with Crippen LogP contribution in [-0.2, 0) is 0 Å². The van der Waals surface area contributed by atoms with Crippen molar-refractivity contribution in [2.75, 3.05) is 12.9 Å². The summed E-state index contributed by atoms with van der Waals surface area (Å²) in [4.78, 5) is 5.31. The molecule has 3 aliphatic rings. The molecule has 3 atom stereocenters. The van der Waals surface area contributed by atoms with Gasteiger partial charge in [-0.1, -0.05) is 12.1 Å². The summed E-state index contributed by atoms with van der Waals surface area (Å²) >= 11 is 1.80. The summed E-state index contributed by atoms with van der Waals surface area (Å²) in [6.45, 7) is 0. The molecule has 0 amide bonds. The highest BCUT2D eigenvalue weighted by atomic mass is 32.2. The lowest BCUT2D eigenvalue weighted by molar-refractivity contribution is 0.350. The molecule has 2 saturated heterocycles. The van der Waals surface area contributed by atoms with Crippen LogP contribution in [0.4, 0.5) is 0 Å². The van der Waals surface area contributed by atoms with E-state index in [1.165, 1.54) is 31.3 Å². The number of thioether (sulfide) groups is 1. The first kappa shape index (κ1) is 20.7. The Balaban J connectivity index is 1.29. The first-order valence-corrected chi connectivity index (χ1v) is 12.5. The fourth-order valence-electron chi connectivity index (χ4n) is 5.43. The molecular formula is C26H26N4O2S. The zero-order valence-corrected chi connectivity index (χ0v) is 19.3. The van der Waals surface area contributed by atoms with Gasteiger partial charge in [0.15, 0.2) is 0 Å². The number of phenols is 1. The molecule has 33 heavy (non-hydrogen) atoms. The maximum atomic E-state index is 10.8. The van der Waals surface area contributed by atoms with Crippen molar-refractivity contribution in [3.8, 4) is 34.0 Å². The van der Waals surface area contributed by atoms with Crippen LogP contribution in [0.3, 0.4) is 0 Å². The smallest absolute Gasteiger partial charge is 0.213 e. The lowest BCUT2D eigenvalue weighted by Gasteiger charge is -2.32. The van der Waals surface area contributed by atoms with E-state index in [4.69, 9.17) is 4.74 Å². The fraction of sp³-hybridized carbons (Fsp3) is 0.346. The quantitative estimate of drug-likeness (QED) is 0.573. The van der Waals surface area contributed by atoms with E-state index in [0.29, 0.717) is 35.1 Å². The molecule has 0 aliphatic carbocycles. The normalized spacial score (nSPS) is 23.7. The molecule has 5 heterocycles. The molecule has 0 saturated carbocycles. The SMILES string of the molecule is COc1cc(-c2ccc(-c3cc4c(nn3)C(C3C[C@H]5CC[C@@H](C3)N5)=CCS4)c(O)c2)ccn1. The van der Waals surface area contributed by atoms with Gasteiger partial charge >= 0.3 is 0 Å². The molecule has 1 unspecified atom stereocenters. The highest BCUT2D eigenvalue weighted by molar-refractivity contribution is 7.99. The third-order valence-corrected chi connectivity index (χ3v) is 7.99. The van der Waals surface area contributed by atoms with Gasteiger partial charge in [0.2, 0.25) is 5.88 Å². The van der Waals surface area contributed by atoms with Crippen LogP contribution in [0.5, 0.6) is 11.6 Å². The predicted octanol–water partition coefficient (Wildman–Crippen LogP) is 4.94. The lowest BCUT2D eigenvalue weighted by atomic mass is 9.84. The lowest BCUT2D eigenvalue weighted by Crippen LogP contribution is -2.38. The maximum absolute atomic E-state index is 10.8. The van der Waals surface area contributed by atoms with Crippen molar-refractivity contribution in [3.05, 3.63) is 54.4 Å². The van der Waals surface area contributed by atoms with Crippen LogP contribution in [-0.4, -0.2) is 45.2 Å². The van der Waals surface area contributed by atoms with Gasteiger partial charge in [-0.05, 0) is 72.6 Å². The molecule has 168 valence electrons. The number of hydrogen-bond acceptors (Lipinski definition) is 7. The molecule has 2 fully saturated rings. The Labute approximate surface area is 197 Å². The highest BCUT2D eigenvalue weighted by Crippen LogP contribution is 2.44. The highest BCUT2D eigenvalue weighted by Gasteiger charge is 2.36. The van der Waals surface area contributed by atoms with Crippen molar-refractivity contribution in [2.24, 2.45) is 5.92 Å². The van der Waals surface area contributed by atoms with Crippen LogP contribution in [0.25, 0.3) is 28.0 Å². The second kappa shape index (κ2) is 8.47. The number of rotatable bonds is 4. The molecule has 2 bridgehead atoms. The summed E-state index contributed by atoms with van der Waals surface area (Å²) in [6.07, 6.45) is 9.02. The van der Waals surface area contributed by atoms with Crippen molar-refractivity contribution in [2.45, 2.75) is 42.7 Å². The number of pyridine rings is 1. The average molecular weight is 459 g/mol. The van der Waals surface area contributed by atoms with Crippen molar-refractivity contribution < 1.29 is 9.84 Å². The van der Waals surface area contributed by atoms with Crippen molar-refractivity contribution in [3.63, 3.8) is 0 Å². The maximum Gasteiger partial charge on any atom is 0.213 e. The summed E-state index contributed by atoms with van der Waals surface area (Å²) in [7, 11) is 1.59. The summed E-state index contributed by atoms with van der Waals surface area (Å²) in [6, 6.07) is 12.8. The molecule has 0 radical (unpaired) electrons. The summed E-state index contributed by atoms with van der Waals surface area (Å²) in [5.74, 6) is 2.25. The Kier molecular flexibility index (Phi) is 5.31. The second-order valence-electron chi connectivity index (χ2n) is 9.04. The van der Waals surface area contributed by atoms with Gasteiger partial charge in [-0.25, -0.2) is 4.98 Å². The van der Waals surface area contributed by atoms with Crippen LogP contribution in [0, 0.1) is 5.92 Å². The Morgan fingerprint density at radius 1 is 1.03 bits per heavy atom. The van der Waals surface area contributed by atoms with Crippen LogP contribution in [0.2, 0.25) is 0 Å². The number of benzene rings is 1. The number of phenolic OH excluding ortho intramolecular Hbond substituents is 1. The largest absolute Gasteiger partial charge is 0.507 e. The van der Waals surface area contributed by atoms with Crippen LogP contribution in [0.15, 0.2) is 53.6 Å². The fourth-order valence-corrected chi connectivity index (χ4v) is 6.37. The van der Waals surface area contributed by atoms with E-state index in [1.54, 1.807) is 31.1 Å². The van der Waals surface area contributed by atoms with Crippen LogP contribution in [0.1, 0.15) is 31.4 Å². The zero-order valence-electron chi connectivity index (χ0n) is 18.5. The van der Waals surface area contributed by atoms with E-state index in [1.807, 2.05) is 24.3 Å². The molecule has 1 aromatic carbocycles. The Morgan fingerprint density at radius 3 is 2.64 bits per heavy atom. The number of aromatic nitrogens is 3. The molecule has 3 aliphatic heterocycles. The van der Waals surface area contributed by atoms with E-state index in [9.17, 15) is 5.11 Å². The number of aromatic hydroxyl groups is 1. The Morgan fingerprint density at radius 2 is 1.85 bits per heavy atom. The van der Waals surface area contributed by atoms with Gasteiger partial charge < -0.3 is 15.2 Å². The number of nitrogens with one attached hydrogen (secondary N) is 1. The van der Waals surface area contributed by atoms with Gasteiger partial charge in [-0.3, -0.25) is 0 Å². The summed E-state index contributed by atoms with van der Waals surface area (Å²) in [5, 5.41) is 23.8. The molecule has 3 aromatic rings. The van der Waals surface area contributed by atoms with E-state index in [2.05, 4.69) is 32.6 Å². The minimum absolute atomic E-state index is 0.184. The van der Waals surface area contributed by atoms with E-state index in [0.717, 1.165) is 27.5 Å². The average Bonchev–Trinajstić information content (AvgIpc) is 3.20. The monoisotopic (exact) mass is 458 g/mol. The van der Waals surface area contributed by atoms with Gasteiger partial charge in [0.1, 0.15) is 11.4 Å². The van der Waals surface area contributed by atoms with Gasteiger partial charge in [0.05, 0.1) is 12.8 Å². The second-order valence-corrected chi connectivity index (χ2v) is 10.1. The molecule has 6 nitrogen and oxygen atoms in total. The predicted molar refractivity (Wildman–Crippen MR) is 130 cm³/mol. The molecule has 2 N–H and O–H groups in total. The first-order valence-electron chi connectivity index (χ1n) is 11.5. The number of fused-ring (bicyclic) bond motifs is 3. The van der Waals surface area contributed by atoms with Crippen molar-refractivity contribution in [1.29, 1.82) is 0 Å². The molecular weight excluding hydrogens is 432 g/mol. The number of nitrogens with zero attached hydrogens (tertiary/aromatic N) is 3. The third-order valence-electron chi connectivity index (χ3n) is 7.04. The van der Waals surface area contributed by atoms with Gasteiger partial charge in [0, 0.05) is 40.6 Å². The number of piperidine rings is 1. The van der Waals surface area contributed by atoms with Gasteiger partial charge in [0.25, 0.3) is 0 Å². The van der Waals surface area contributed by atoms with Gasteiger partial charge in [-0.2, -0.15) is 0 Å². The standard InChI is InChI=1S/C26H26N4O2S/c1-32-25-13-16(6-8-27-25)15-2-5-21(23(31)12-15)22-14-24-26(30-29-22)20(7-9-33-24)17-10-18-3-4-19(11-17)28-18/h2,5-8,12-14,17-19,28,31H,3-4,9-11H2,1H3/t17?,18-,19+. The molecule has 7 heteroatoms. The van der Waals surface area contributed by atoms with Crippen LogP contribution < -0.4 is 10.1 Å². The minimum Gasteiger partial charge on any atom is -0.507 e. The number of allylic oxidation sites excluding steroid dienone is 1. The zero-order chi connectivity index (χ0) is 22.4. The Bertz CT molecular complexity index is 1230. The van der Waals surface area contributed by atoms with Crippen molar-refractivity contribution in [1.82, 2.24) is 20.5 Å². The molecule has 0 spiro atoms. The molecule has 6 rings (SSSR count). The number of hydrogen-bond donors (Lipinski definition) is 2. The van der Waals surface area contributed by atoms with Gasteiger partial charge in [-0.15, -0.1) is 22.0 Å². The summed E-state index contributed by atoms with van der Waals surface area (Å²) < 4.78 is 5.22. The number of methoxy groups -OCH3 is 1. The van der Waals surface area contributed by atoms with E-state index >= 15 is 0 Å². The summed E-state index contributed by atoms with van der Waals surface area (Å²) in [5.41, 5.74) is 5.61. The third kappa shape index (κ3) is 3.89. The van der Waals surface area contributed by atoms with E-state index in [-0.39, 0.29) is 5.75 Å². The van der Waals surface area contributed by atoms with Crippen LogP contribution >= 0.6 is 11.8 Å². The number of ether oxygens (including phenoxy) is 1. The first-order chi connectivity index (χ1) is 16.2. The van der Waals surface area contributed by atoms with E-state index < -0.39 is 0 Å². The Hall–Kier alpha value is -2.90. The molecule has 2 aromatic heterocycles. The van der Waals surface area contributed by atoms with Crippen molar-refractivity contribution >= 4 is 17.3 Å². The minimum atomic E-state index is 0.184. The topological polar surface area (TPSA) is 80.2 Å².